The number of nitrogens with zero attached hydrogens (tertiary/aromatic N) is 1. The standard InChI is InChI=1S/C14H10BrFN2O/c15-11-2-1-3-13(18)14(11)19-8-10-6-9(7-17)4-5-12(10)16/h1-6H,8,18H2. The molecule has 2 aromatic carbocycles. The first-order chi connectivity index (χ1) is 9.11. The van der Waals surface area contributed by atoms with E-state index in [1.54, 1.807) is 18.2 Å². The van der Waals surface area contributed by atoms with Crippen LogP contribution in [0.2, 0.25) is 0 Å². The smallest absolute Gasteiger partial charge is 0.156 e. The highest BCUT2D eigenvalue weighted by molar-refractivity contribution is 9.10. The molecule has 0 unspecified atom stereocenters. The van der Waals surface area contributed by atoms with Crippen molar-refractivity contribution in [1.82, 2.24) is 0 Å². The lowest BCUT2D eigenvalue weighted by molar-refractivity contribution is 0.299. The maximum Gasteiger partial charge on any atom is 0.156 e. The molecule has 2 rings (SSSR count). The number of nitrogens with two attached hydrogens (primary N) is 1. The molecule has 5 heteroatoms. The second-order valence-electron chi connectivity index (χ2n) is 3.86. The van der Waals surface area contributed by atoms with Gasteiger partial charge in [0.05, 0.1) is 21.8 Å². The van der Waals surface area contributed by atoms with E-state index < -0.39 is 5.82 Å². The summed E-state index contributed by atoms with van der Waals surface area (Å²) in [5, 5.41) is 8.79. The van der Waals surface area contributed by atoms with Gasteiger partial charge in [-0.3, -0.25) is 0 Å². The van der Waals surface area contributed by atoms with E-state index in [2.05, 4.69) is 15.9 Å². The van der Waals surface area contributed by atoms with E-state index in [-0.39, 0.29) is 6.61 Å². The molecular weight excluding hydrogens is 311 g/mol. The van der Waals surface area contributed by atoms with Gasteiger partial charge < -0.3 is 10.5 Å². The Hall–Kier alpha value is -2.06. The quantitative estimate of drug-likeness (QED) is 0.879. The van der Waals surface area contributed by atoms with Crippen LogP contribution in [0.25, 0.3) is 0 Å². The fraction of sp³-hybridized carbons (Fsp3) is 0.0714. The van der Waals surface area contributed by atoms with E-state index in [0.29, 0.717) is 27.0 Å². The molecule has 0 heterocycles. The lowest BCUT2D eigenvalue weighted by Crippen LogP contribution is -2.02. The maximum atomic E-state index is 13.6. The molecule has 0 bridgehead atoms. The summed E-state index contributed by atoms with van der Waals surface area (Å²) in [6.45, 7) is 0.00810. The first-order valence-corrected chi connectivity index (χ1v) is 6.26. The van der Waals surface area contributed by atoms with Crippen molar-refractivity contribution in [3.05, 3.63) is 57.8 Å². The number of nitrogen functional groups attached to an aromatic ring is 1. The zero-order chi connectivity index (χ0) is 13.8. The molecule has 0 atom stereocenters. The minimum atomic E-state index is -0.412. The van der Waals surface area contributed by atoms with Crippen LogP contribution in [0.3, 0.4) is 0 Å². The van der Waals surface area contributed by atoms with Crippen LogP contribution >= 0.6 is 15.9 Å². The molecule has 0 aliphatic rings. The van der Waals surface area contributed by atoms with Gasteiger partial charge in [-0.25, -0.2) is 4.39 Å². The molecule has 0 aliphatic heterocycles. The van der Waals surface area contributed by atoms with Crippen molar-refractivity contribution in [1.29, 1.82) is 5.26 Å². The SMILES string of the molecule is N#Cc1ccc(F)c(COc2c(N)cccc2Br)c1. The molecule has 3 nitrogen and oxygen atoms in total. The Balaban J connectivity index is 2.22. The Labute approximate surface area is 118 Å². The van der Waals surface area contributed by atoms with Crippen molar-refractivity contribution in [2.75, 3.05) is 5.73 Å². The summed E-state index contributed by atoms with van der Waals surface area (Å²) in [4.78, 5) is 0. The number of anilines is 1. The Kier molecular flexibility index (Phi) is 4.03. The highest BCUT2D eigenvalue weighted by Gasteiger charge is 2.08. The fourth-order valence-electron chi connectivity index (χ4n) is 1.58. The van der Waals surface area contributed by atoms with Crippen molar-refractivity contribution in [2.24, 2.45) is 0 Å². The molecule has 2 aromatic rings. The maximum absolute atomic E-state index is 13.6. The fourth-order valence-corrected chi connectivity index (χ4v) is 2.08. The summed E-state index contributed by atoms with van der Waals surface area (Å²) in [6, 6.07) is 11.4. The zero-order valence-corrected chi connectivity index (χ0v) is 11.4. The molecule has 0 saturated heterocycles. The van der Waals surface area contributed by atoms with Crippen LogP contribution < -0.4 is 10.5 Å². The lowest BCUT2D eigenvalue weighted by Gasteiger charge is -2.11. The number of ether oxygens (including phenoxy) is 1. The highest BCUT2D eigenvalue weighted by atomic mass is 79.9. The van der Waals surface area contributed by atoms with Gasteiger partial charge in [0.15, 0.2) is 5.75 Å². The van der Waals surface area contributed by atoms with Crippen LogP contribution in [0.4, 0.5) is 10.1 Å². The average molecular weight is 321 g/mol. The first-order valence-electron chi connectivity index (χ1n) is 5.47. The number of hydrogen-bond acceptors (Lipinski definition) is 3. The molecule has 2 N–H and O–H groups in total. The average Bonchev–Trinajstić information content (AvgIpc) is 2.40. The number of para-hydroxylation sites is 1. The van der Waals surface area contributed by atoms with Gasteiger partial charge in [0.1, 0.15) is 12.4 Å². The number of halogens is 2. The number of nitriles is 1. The Bertz CT molecular complexity index is 632. The van der Waals surface area contributed by atoms with Gasteiger partial charge in [0, 0.05) is 5.56 Å². The molecule has 19 heavy (non-hydrogen) atoms. The van der Waals surface area contributed by atoms with Crippen molar-refractivity contribution in [3.8, 4) is 11.8 Å². The molecule has 0 radical (unpaired) electrons. The van der Waals surface area contributed by atoms with Gasteiger partial charge in [-0.15, -0.1) is 0 Å². The Morgan fingerprint density at radius 3 is 2.79 bits per heavy atom. The second-order valence-corrected chi connectivity index (χ2v) is 4.72. The summed E-state index contributed by atoms with van der Waals surface area (Å²) in [7, 11) is 0. The highest BCUT2D eigenvalue weighted by Crippen LogP contribution is 2.31. The molecule has 0 saturated carbocycles. The van der Waals surface area contributed by atoms with E-state index in [0.717, 1.165) is 0 Å². The third-order valence-corrected chi connectivity index (χ3v) is 3.17. The van der Waals surface area contributed by atoms with Gasteiger partial charge in [-0.2, -0.15) is 5.26 Å². The monoisotopic (exact) mass is 320 g/mol. The Morgan fingerprint density at radius 1 is 1.32 bits per heavy atom. The summed E-state index contributed by atoms with van der Waals surface area (Å²) >= 11 is 3.32. The topological polar surface area (TPSA) is 59.0 Å². The predicted octanol–water partition coefficient (Wildman–Crippen LogP) is 3.62. The minimum absolute atomic E-state index is 0.00810. The van der Waals surface area contributed by atoms with Crippen LogP contribution in [0.1, 0.15) is 11.1 Å². The van der Waals surface area contributed by atoms with Crippen molar-refractivity contribution >= 4 is 21.6 Å². The molecular formula is C14H10BrFN2O. The van der Waals surface area contributed by atoms with Crippen LogP contribution in [0, 0.1) is 17.1 Å². The third-order valence-electron chi connectivity index (χ3n) is 2.54. The van der Waals surface area contributed by atoms with E-state index in [1.165, 1.54) is 18.2 Å². The molecule has 0 amide bonds. The summed E-state index contributed by atoms with van der Waals surface area (Å²) in [5.41, 5.74) is 6.95. The lowest BCUT2D eigenvalue weighted by atomic mass is 10.1. The van der Waals surface area contributed by atoms with Gasteiger partial charge in [0.25, 0.3) is 0 Å². The Morgan fingerprint density at radius 2 is 2.11 bits per heavy atom. The van der Waals surface area contributed by atoms with Crippen molar-refractivity contribution in [3.63, 3.8) is 0 Å². The van der Waals surface area contributed by atoms with Gasteiger partial charge >= 0.3 is 0 Å². The normalized spacial score (nSPS) is 9.95. The summed E-state index contributed by atoms with van der Waals surface area (Å²) in [5.74, 6) is 0.0499. The van der Waals surface area contributed by atoms with Crippen LogP contribution in [-0.2, 0) is 6.61 Å². The molecule has 0 aromatic heterocycles. The number of rotatable bonds is 3. The largest absolute Gasteiger partial charge is 0.485 e. The molecule has 96 valence electrons. The second kappa shape index (κ2) is 5.72. The number of benzene rings is 2. The molecule has 0 aliphatic carbocycles. The van der Waals surface area contributed by atoms with Crippen LogP contribution in [0.5, 0.6) is 5.75 Å². The van der Waals surface area contributed by atoms with Crippen LogP contribution in [-0.4, -0.2) is 0 Å². The van der Waals surface area contributed by atoms with Gasteiger partial charge in [-0.1, -0.05) is 6.07 Å². The summed E-state index contributed by atoms with van der Waals surface area (Å²) in [6.07, 6.45) is 0. The third kappa shape index (κ3) is 3.04. The van der Waals surface area contributed by atoms with Gasteiger partial charge in [-0.05, 0) is 46.3 Å². The van der Waals surface area contributed by atoms with E-state index in [4.69, 9.17) is 15.7 Å². The van der Waals surface area contributed by atoms with Crippen molar-refractivity contribution in [2.45, 2.75) is 6.61 Å². The van der Waals surface area contributed by atoms with Crippen LogP contribution in [0.15, 0.2) is 40.9 Å². The first kappa shape index (κ1) is 13.4. The van der Waals surface area contributed by atoms with Gasteiger partial charge in [0.2, 0.25) is 0 Å². The zero-order valence-electron chi connectivity index (χ0n) is 9.86. The molecule has 0 fully saturated rings. The van der Waals surface area contributed by atoms with E-state index in [9.17, 15) is 4.39 Å². The number of hydrogen-bond donors (Lipinski definition) is 1. The summed E-state index contributed by atoms with van der Waals surface area (Å²) < 4.78 is 19.8. The van der Waals surface area contributed by atoms with Crippen molar-refractivity contribution < 1.29 is 9.13 Å². The predicted molar refractivity (Wildman–Crippen MR) is 74.0 cm³/mol. The minimum Gasteiger partial charge on any atom is -0.485 e. The van der Waals surface area contributed by atoms with E-state index in [1.807, 2.05) is 6.07 Å². The van der Waals surface area contributed by atoms with E-state index >= 15 is 0 Å². The molecule has 0 spiro atoms.